The average Bonchev–Trinajstić information content (AvgIpc) is 2.73. The van der Waals surface area contributed by atoms with Gasteiger partial charge >= 0.3 is 0 Å². The minimum absolute atomic E-state index is 0.172. The number of anilines is 2. The molecule has 0 fully saturated rings. The minimum atomic E-state index is -3.92. The van der Waals surface area contributed by atoms with Crippen molar-refractivity contribution in [2.45, 2.75) is 36.6 Å². The largest absolute Gasteiger partial charge is 0.386 e. The number of benzene rings is 1. The van der Waals surface area contributed by atoms with Crippen LogP contribution in [0.2, 0.25) is 5.02 Å². The first-order chi connectivity index (χ1) is 14.9. The molecule has 8 nitrogen and oxygen atoms in total. The number of rotatable bonds is 3. The second-order valence-electron chi connectivity index (χ2n) is 8.13. The van der Waals surface area contributed by atoms with Crippen molar-refractivity contribution >= 4 is 50.6 Å². The van der Waals surface area contributed by atoms with Crippen molar-refractivity contribution in [2.24, 2.45) is 10.7 Å². The number of hydrogen-bond acceptors (Lipinski definition) is 8. The van der Waals surface area contributed by atoms with E-state index in [0.717, 1.165) is 6.07 Å². The highest BCUT2D eigenvalue weighted by Crippen LogP contribution is 2.64. The summed E-state index contributed by atoms with van der Waals surface area (Å²) in [4.78, 5) is 16.7. The summed E-state index contributed by atoms with van der Waals surface area (Å²) in [6.07, 6.45) is 2.75. The lowest BCUT2D eigenvalue weighted by Crippen LogP contribution is -2.55. The number of nitrogens with zero attached hydrogens (tertiary/aromatic N) is 4. The van der Waals surface area contributed by atoms with Crippen molar-refractivity contribution in [3.05, 3.63) is 53.2 Å². The van der Waals surface area contributed by atoms with Gasteiger partial charge in [-0.25, -0.2) is 23.7 Å². The fraction of sp³-hybridized carbons (Fsp3) is 0.300. The third kappa shape index (κ3) is 3.36. The van der Waals surface area contributed by atoms with Crippen molar-refractivity contribution in [3.8, 4) is 0 Å². The Balaban J connectivity index is 1.80. The summed E-state index contributed by atoms with van der Waals surface area (Å²) in [7, 11) is -3.92. The monoisotopic (exact) mass is 482 g/mol. The number of amidine groups is 1. The molecule has 2 atom stereocenters. The van der Waals surface area contributed by atoms with E-state index in [1.807, 2.05) is 0 Å². The molecule has 5 N–H and O–H groups in total. The van der Waals surface area contributed by atoms with E-state index in [9.17, 15) is 13.5 Å². The van der Waals surface area contributed by atoms with Crippen LogP contribution in [0.5, 0.6) is 0 Å². The van der Waals surface area contributed by atoms with Crippen LogP contribution >= 0.6 is 22.2 Å². The van der Waals surface area contributed by atoms with Crippen LogP contribution in [0.1, 0.15) is 26.3 Å². The molecule has 3 heterocycles. The van der Waals surface area contributed by atoms with Gasteiger partial charge in [-0.05, 0) is 45.0 Å². The zero-order valence-electron chi connectivity index (χ0n) is 17.3. The molecule has 2 aromatic heterocycles. The Hall–Kier alpha value is -2.60. The van der Waals surface area contributed by atoms with Crippen LogP contribution in [0, 0.1) is 5.82 Å². The van der Waals surface area contributed by atoms with Gasteiger partial charge in [-0.15, -0.1) is 0 Å². The zero-order valence-corrected chi connectivity index (χ0v) is 18.9. The summed E-state index contributed by atoms with van der Waals surface area (Å²) in [5.41, 5.74) is 2.79. The lowest BCUT2D eigenvalue weighted by molar-refractivity contribution is 0.244. The molecule has 32 heavy (non-hydrogen) atoms. The summed E-state index contributed by atoms with van der Waals surface area (Å²) in [6.45, 7) is 4.06. The SMILES string of the molecule is CC1(C)C(N)=N[C@](C)(c2cc(Nc3ncnc4cc(Cl)cnc34)ccc2F)C(F)S1(O)O. The normalized spacial score (nSPS) is 25.2. The molecule has 1 aromatic carbocycles. The number of hydrogen-bond donors (Lipinski definition) is 4. The van der Waals surface area contributed by atoms with E-state index in [0.29, 0.717) is 27.6 Å². The predicted octanol–water partition coefficient (Wildman–Crippen LogP) is 4.97. The predicted molar refractivity (Wildman–Crippen MR) is 123 cm³/mol. The Morgan fingerprint density at radius 2 is 1.88 bits per heavy atom. The Morgan fingerprint density at radius 1 is 1.16 bits per heavy atom. The molecule has 3 aromatic rings. The van der Waals surface area contributed by atoms with Gasteiger partial charge < -0.3 is 11.1 Å². The van der Waals surface area contributed by atoms with Crippen LogP contribution in [-0.4, -0.2) is 40.1 Å². The van der Waals surface area contributed by atoms with E-state index < -0.39 is 32.2 Å². The van der Waals surface area contributed by atoms with Gasteiger partial charge in [-0.2, -0.15) is 10.6 Å². The van der Waals surface area contributed by atoms with Crippen molar-refractivity contribution in [1.82, 2.24) is 15.0 Å². The molecule has 12 heteroatoms. The van der Waals surface area contributed by atoms with Gasteiger partial charge in [0.2, 0.25) is 5.50 Å². The van der Waals surface area contributed by atoms with Gasteiger partial charge in [0.05, 0.1) is 10.5 Å². The number of fused-ring (bicyclic) bond motifs is 1. The second-order valence-corrected chi connectivity index (χ2v) is 11.2. The number of pyridine rings is 1. The average molecular weight is 483 g/mol. The molecule has 170 valence electrons. The van der Waals surface area contributed by atoms with Gasteiger partial charge in [-0.3, -0.25) is 14.1 Å². The van der Waals surface area contributed by atoms with E-state index in [2.05, 4.69) is 25.3 Å². The standard InChI is InChI=1S/C20H21ClF2N6O2S/c1-19(2)18(24)29-20(3,17(23)32(19,30)31)12-7-11(4-5-13(12)22)28-16-15-14(26-9-27-16)6-10(21)8-25-15/h4-9,17,30-31H,1-3H3,(H2,24,29)(H,26,27,28)/t17?,20-/m1/s1. The summed E-state index contributed by atoms with van der Waals surface area (Å²) >= 11 is 5.96. The van der Waals surface area contributed by atoms with E-state index in [-0.39, 0.29) is 11.4 Å². The van der Waals surface area contributed by atoms with Gasteiger partial charge in [-0.1, -0.05) is 11.6 Å². The molecule has 1 aliphatic rings. The molecule has 0 bridgehead atoms. The van der Waals surface area contributed by atoms with Gasteiger partial charge in [0, 0.05) is 17.4 Å². The lowest BCUT2D eigenvalue weighted by Gasteiger charge is -2.55. The van der Waals surface area contributed by atoms with E-state index in [1.165, 1.54) is 45.4 Å². The van der Waals surface area contributed by atoms with Crippen molar-refractivity contribution in [2.75, 3.05) is 5.32 Å². The van der Waals surface area contributed by atoms with Crippen LogP contribution in [0.25, 0.3) is 11.0 Å². The van der Waals surface area contributed by atoms with Crippen LogP contribution in [-0.2, 0) is 5.54 Å². The smallest absolute Gasteiger partial charge is 0.217 e. The van der Waals surface area contributed by atoms with Crippen LogP contribution < -0.4 is 11.1 Å². The highest BCUT2D eigenvalue weighted by atomic mass is 35.5. The van der Waals surface area contributed by atoms with Crippen molar-refractivity contribution in [3.63, 3.8) is 0 Å². The maximum atomic E-state index is 15.5. The molecule has 0 radical (unpaired) electrons. The lowest BCUT2D eigenvalue weighted by atomic mass is 9.91. The maximum absolute atomic E-state index is 15.5. The number of halogens is 3. The third-order valence-electron chi connectivity index (χ3n) is 5.67. The van der Waals surface area contributed by atoms with Crippen LogP contribution in [0.15, 0.2) is 41.8 Å². The maximum Gasteiger partial charge on any atom is 0.217 e. The number of nitrogens with two attached hydrogens (primary N) is 1. The van der Waals surface area contributed by atoms with Crippen molar-refractivity contribution < 1.29 is 17.9 Å². The molecule has 0 spiro atoms. The van der Waals surface area contributed by atoms with Crippen LogP contribution in [0.4, 0.5) is 20.3 Å². The highest BCUT2D eigenvalue weighted by molar-refractivity contribution is 8.26. The van der Waals surface area contributed by atoms with Gasteiger partial charge in [0.25, 0.3) is 0 Å². The molecule has 4 rings (SSSR count). The van der Waals surface area contributed by atoms with E-state index in [4.69, 9.17) is 17.3 Å². The molecule has 0 aliphatic carbocycles. The quantitative estimate of drug-likeness (QED) is 0.414. The van der Waals surface area contributed by atoms with Gasteiger partial charge in [0.1, 0.15) is 33.8 Å². The molecular formula is C20H21ClF2N6O2S. The first-order valence-electron chi connectivity index (χ1n) is 9.48. The Labute approximate surface area is 189 Å². The fourth-order valence-electron chi connectivity index (χ4n) is 3.49. The number of alkyl halides is 1. The Morgan fingerprint density at radius 3 is 2.59 bits per heavy atom. The summed E-state index contributed by atoms with van der Waals surface area (Å²) in [5.74, 6) is -0.623. The fourth-order valence-corrected chi connectivity index (χ4v) is 5.33. The minimum Gasteiger partial charge on any atom is -0.386 e. The molecule has 1 unspecified atom stereocenters. The zero-order chi connectivity index (χ0) is 23.5. The number of aromatic nitrogens is 3. The first kappa shape index (κ1) is 22.6. The Bertz CT molecular complexity index is 1260. The molecule has 1 aliphatic heterocycles. The number of aliphatic imine (C=N–C) groups is 1. The Kier molecular flexibility index (Phi) is 5.28. The van der Waals surface area contributed by atoms with Gasteiger partial charge in [0.15, 0.2) is 5.82 Å². The van der Waals surface area contributed by atoms with Crippen molar-refractivity contribution in [1.29, 1.82) is 0 Å². The third-order valence-corrected chi connectivity index (χ3v) is 8.62. The second kappa shape index (κ2) is 7.48. The molecule has 0 saturated heterocycles. The highest BCUT2D eigenvalue weighted by Gasteiger charge is 2.57. The first-order valence-corrected chi connectivity index (χ1v) is 11.5. The summed E-state index contributed by atoms with van der Waals surface area (Å²) in [6, 6.07) is 5.50. The van der Waals surface area contributed by atoms with E-state index in [1.54, 1.807) is 6.07 Å². The summed E-state index contributed by atoms with van der Waals surface area (Å²) < 4.78 is 50.1. The summed E-state index contributed by atoms with van der Waals surface area (Å²) in [5, 5.41) is 3.41. The molecule has 0 amide bonds. The molecule has 0 saturated carbocycles. The molecular weight excluding hydrogens is 462 g/mol. The van der Waals surface area contributed by atoms with Crippen LogP contribution in [0.3, 0.4) is 0 Å². The van der Waals surface area contributed by atoms with E-state index >= 15 is 4.39 Å². The topological polar surface area (TPSA) is 130 Å². The number of nitrogens with one attached hydrogen (secondary N) is 1.